The van der Waals surface area contributed by atoms with E-state index in [-0.39, 0.29) is 22.9 Å². The zero-order valence-electron chi connectivity index (χ0n) is 16.6. The highest BCUT2D eigenvalue weighted by atomic mass is 79.9. The fourth-order valence-electron chi connectivity index (χ4n) is 2.95. The molecule has 0 spiro atoms. The number of halogens is 2. The molecule has 31 heavy (non-hydrogen) atoms. The highest BCUT2D eigenvalue weighted by Gasteiger charge is 2.14. The highest BCUT2D eigenvalue weighted by molar-refractivity contribution is 9.10. The first-order valence-electron chi connectivity index (χ1n) is 9.71. The largest absolute Gasteiger partial charge is 0.324 e. The minimum atomic E-state index is -3.60. The molecule has 0 saturated heterocycles. The van der Waals surface area contributed by atoms with Gasteiger partial charge >= 0.3 is 0 Å². The molecule has 0 heterocycles. The second kappa shape index (κ2) is 10.7. The Bertz CT molecular complexity index is 1140. The molecule has 8 heteroatoms. The first-order valence-corrected chi connectivity index (χ1v) is 12.0. The van der Waals surface area contributed by atoms with Crippen molar-refractivity contribution in [2.75, 3.05) is 11.9 Å². The Morgan fingerprint density at radius 3 is 2.26 bits per heavy atom. The van der Waals surface area contributed by atoms with Crippen LogP contribution in [0.4, 0.5) is 10.1 Å². The molecular formula is C23H22BrFN2O3S. The van der Waals surface area contributed by atoms with Crippen LogP contribution >= 0.6 is 15.9 Å². The molecule has 1 amide bonds. The Morgan fingerprint density at radius 2 is 1.58 bits per heavy atom. The number of sulfonamides is 1. The lowest BCUT2D eigenvalue weighted by Crippen LogP contribution is -2.26. The lowest BCUT2D eigenvalue weighted by atomic mass is 10.1. The molecule has 0 aliphatic rings. The van der Waals surface area contributed by atoms with Crippen molar-refractivity contribution >= 4 is 37.5 Å². The maximum atomic E-state index is 13.8. The molecule has 0 aromatic heterocycles. The normalized spacial score (nSPS) is 11.3. The highest BCUT2D eigenvalue weighted by Crippen LogP contribution is 2.20. The molecule has 3 aromatic rings. The van der Waals surface area contributed by atoms with Gasteiger partial charge in [0.2, 0.25) is 15.9 Å². The molecule has 162 valence electrons. The van der Waals surface area contributed by atoms with Gasteiger partial charge in [-0.3, -0.25) is 4.79 Å². The van der Waals surface area contributed by atoms with Crippen molar-refractivity contribution in [2.45, 2.75) is 24.2 Å². The predicted molar refractivity (Wildman–Crippen MR) is 123 cm³/mol. The minimum Gasteiger partial charge on any atom is -0.324 e. The van der Waals surface area contributed by atoms with Crippen molar-refractivity contribution in [3.8, 4) is 0 Å². The third-order valence-corrected chi connectivity index (χ3v) is 6.60. The molecule has 3 rings (SSSR count). The molecule has 0 aliphatic carbocycles. The van der Waals surface area contributed by atoms with E-state index in [9.17, 15) is 17.6 Å². The summed E-state index contributed by atoms with van der Waals surface area (Å²) in [4.78, 5) is 12.3. The number of amides is 1. The molecule has 0 atom stereocenters. The number of aryl methyl sites for hydroxylation is 1. The third kappa shape index (κ3) is 6.99. The van der Waals surface area contributed by atoms with E-state index in [0.29, 0.717) is 23.9 Å². The van der Waals surface area contributed by atoms with Crippen LogP contribution in [0.1, 0.15) is 17.5 Å². The van der Waals surface area contributed by atoms with E-state index in [1.807, 2.05) is 30.3 Å². The van der Waals surface area contributed by atoms with Gasteiger partial charge in [0.25, 0.3) is 0 Å². The molecule has 2 N–H and O–H groups in total. The van der Waals surface area contributed by atoms with Gasteiger partial charge in [-0.2, -0.15) is 0 Å². The standard InChI is InChI=1S/C23H22BrFN2O3S/c24-19-9-12-22(21(25)16-19)27-23(28)13-8-18-6-10-20(11-7-18)31(29,30)26-15-14-17-4-2-1-3-5-17/h1-7,9-12,16,26H,8,13-15H2,(H,27,28). The molecule has 0 fully saturated rings. The van der Waals surface area contributed by atoms with Crippen molar-refractivity contribution in [1.82, 2.24) is 4.72 Å². The first kappa shape index (κ1) is 23.1. The van der Waals surface area contributed by atoms with Crippen molar-refractivity contribution in [1.29, 1.82) is 0 Å². The summed E-state index contributed by atoms with van der Waals surface area (Å²) in [5.74, 6) is -0.836. The molecule has 3 aromatic carbocycles. The van der Waals surface area contributed by atoms with Crippen LogP contribution in [0.2, 0.25) is 0 Å². The Balaban J connectivity index is 1.50. The Hall–Kier alpha value is -2.55. The average molecular weight is 505 g/mol. The van der Waals surface area contributed by atoms with Crippen molar-refractivity contribution in [2.24, 2.45) is 0 Å². The summed E-state index contributed by atoms with van der Waals surface area (Å²) in [6.07, 6.45) is 1.16. The van der Waals surface area contributed by atoms with Gasteiger partial charge in [0.15, 0.2) is 0 Å². The summed E-state index contributed by atoms with van der Waals surface area (Å²) in [7, 11) is -3.60. The molecule has 0 aliphatic heterocycles. The van der Waals surface area contributed by atoms with Crippen molar-refractivity contribution in [3.05, 3.63) is 94.2 Å². The number of nitrogens with one attached hydrogen (secondary N) is 2. The van der Waals surface area contributed by atoms with E-state index in [2.05, 4.69) is 26.0 Å². The van der Waals surface area contributed by atoms with Crippen LogP contribution in [0.25, 0.3) is 0 Å². The van der Waals surface area contributed by atoms with E-state index in [4.69, 9.17) is 0 Å². The SMILES string of the molecule is O=C(CCc1ccc(S(=O)(=O)NCCc2ccccc2)cc1)Nc1ccc(Br)cc1F. The number of carbonyl (C=O) groups excluding carboxylic acids is 1. The van der Waals surface area contributed by atoms with Gasteiger partial charge in [-0.25, -0.2) is 17.5 Å². The van der Waals surface area contributed by atoms with Crippen LogP contribution < -0.4 is 10.0 Å². The van der Waals surface area contributed by atoms with Gasteiger partial charge in [-0.15, -0.1) is 0 Å². The average Bonchev–Trinajstić information content (AvgIpc) is 2.75. The number of hydrogen-bond acceptors (Lipinski definition) is 3. The zero-order chi connectivity index (χ0) is 22.3. The van der Waals surface area contributed by atoms with E-state index >= 15 is 0 Å². The summed E-state index contributed by atoms with van der Waals surface area (Å²) in [6.45, 7) is 0.306. The van der Waals surface area contributed by atoms with Crippen LogP contribution in [0.15, 0.2) is 82.2 Å². The number of carbonyl (C=O) groups is 1. The molecule has 0 unspecified atom stereocenters. The van der Waals surface area contributed by atoms with Crippen molar-refractivity contribution < 1.29 is 17.6 Å². The zero-order valence-corrected chi connectivity index (χ0v) is 19.0. The second-order valence-corrected chi connectivity index (χ2v) is 9.63. The van der Waals surface area contributed by atoms with Gasteiger partial charge in [-0.1, -0.05) is 58.4 Å². The summed E-state index contributed by atoms with van der Waals surface area (Å²) in [6, 6.07) is 20.5. The van der Waals surface area contributed by atoms with Gasteiger partial charge < -0.3 is 5.32 Å². The van der Waals surface area contributed by atoms with E-state index in [0.717, 1.165) is 11.1 Å². The van der Waals surface area contributed by atoms with Gasteiger partial charge in [0.05, 0.1) is 10.6 Å². The maximum absolute atomic E-state index is 13.8. The number of hydrogen-bond donors (Lipinski definition) is 2. The fraction of sp³-hybridized carbons (Fsp3) is 0.174. The number of rotatable bonds is 9. The summed E-state index contributed by atoms with van der Waals surface area (Å²) in [5.41, 5.74) is 1.99. The Morgan fingerprint density at radius 1 is 0.903 bits per heavy atom. The van der Waals surface area contributed by atoms with E-state index < -0.39 is 15.8 Å². The first-order chi connectivity index (χ1) is 14.8. The topological polar surface area (TPSA) is 75.3 Å². The summed E-state index contributed by atoms with van der Waals surface area (Å²) in [5, 5.41) is 2.54. The van der Waals surface area contributed by atoms with Crippen LogP contribution in [-0.4, -0.2) is 20.9 Å². The monoisotopic (exact) mass is 504 g/mol. The van der Waals surface area contributed by atoms with Gasteiger partial charge in [0, 0.05) is 17.4 Å². The van der Waals surface area contributed by atoms with Gasteiger partial charge in [-0.05, 0) is 54.3 Å². The Labute approximate surface area is 189 Å². The lowest BCUT2D eigenvalue weighted by Gasteiger charge is -2.09. The smallest absolute Gasteiger partial charge is 0.240 e. The lowest BCUT2D eigenvalue weighted by molar-refractivity contribution is -0.116. The second-order valence-electron chi connectivity index (χ2n) is 6.95. The third-order valence-electron chi connectivity index (χ3n) is 4.63. The van der Waals surface area contributed by atoms with E-state index in [1.165, 1.54) is 24.3 Å². The molecular weight excluding hydrogens is 483 g/mol. The maximum Gasteiger partial charge on any atom is 0.240 e. The Kier molecular flexibility index (Phi) is 7.95. The summed E-state index contributed by atoms with van der Waals surface area (Å²) >= 11 is 3.17. The van der Waals surface area contributed by atoms with E-state index in [1.54, 1.807) is 18.2 Å². The molecule has 0 radical (unpaired) electrons. The molecule has 0 saturated carbocycles. The minimum absolute atomic E-state index is 0.121. The van der Waals surface area contributed by atoms with Crippen LogP contribution in [0, 0.1) is 5.82 Å². The van der Waals surface area contributed by atoms with Crippen LogP contribution in [0.3, 0.4) is 0 Å². The number of benzene rings is 3. The quantitative estimate of drug-likeness (QED) is 0.444. The van der Waals surface area contributed by atoms with Gasteiger partial charge in [0.1, 0.15) is 5.82 Å². The number of anilines is 1. The molecule has 5 nitrogen and oxygen atoms in total. The van der Waals surface area contributed by atoms with Crippen LogP contribution in [-0.2, 0) is 27.7 Å². The summed E-state index contributed by atoms with van der Waals surface area (Å²) < 4.78 is 41.9. The van der Waals surface area contributed by atoms with Crippen molar-refractivity contribution in [3.63, 3.8) is 0 Å². The fourth-order valence-corrected chi connectivity index (χ4v) is 4.32. The molecule has 0 bridgehead atoms. The predicted octanol–water partition coefficient (Wildman–Crippen LogP) is 4.68. The van der Waals surface area contributed by atoms with Crippen LogP contribution in [0.5, 0.6) is 0 Å².